The van der Waals surface area contributed by atoms with Gasteiger partial charge in [0.1, 0.15) is 11.5 Å². The first-order chi connectivity index (χ1) is 15.9. The van der Waals surface area contributed by atoms with Crippen molar-refractivity contribution in [2.75, 3.05) is 21.3 Å². The van der Waals surface area contributed by atoms with E-state index in [9.17, 15) is 9.59 Å². The highest BCUT2D eigenvalue weighted by Crippen LogP contribution is 2.45. The number of furan rings is 1. The van der Waals surface area contributed by atoms with Crippen molar-refractivity contribution in [3.8, 4) is 5.75 Å². The van der Waals surface area contributed by atoms with Crippen LogP contribution in [0, 0.1) is 0 Å². The summed E-state index contributed by atoms with van der Waals surface area (Å²) in [4.78, 5) is 34.0. The van der Waals surface area contributed by atoms with Crippen molar-refractivity contribution in [2.45, 2.75) is 25.9 Å². The van der Waals surface area contributed by atoms with Gasteiger partial charge in [-0.3, -0.25) is 4.79 Å². The number of esters is 1. The molecule has 2 aromatic rings. The van der Waals surface area contributed by atoms with E-state index in [0.29, 0.717) is 34.5 Å². The Balaban J connectivity index is 1.66. The predicted octanol–water partition coefficient (Wildman–Crippen LogP) is 4.08. The summed E-state index contributed by atoms with van der Waals surface area (Å²) in [5, 5.41) is 2.63. The molecule has 1 aromatic heterocycles. The Morgan fingerprint density at radius 1 is 1.24 bits per heavy atom. The number of thioether (sulfide) groups is 1. The third-order valence-corrected chi connectivity index (χ3v) is 6.44. The van der Waals surface area contributed by atoms with Crippen LogP contribution in [0.5, 0.6) is 5.75 Å². The summed E-state index contributed by atoms with van der Waals surface area (Å²) in [6.45, 7) is 2.17. The molecule has 0 radical (unpaired) electrons. The number of hydrogen-bond acceptors (Lipinski definition) is 8. The van der Waals surface area contributed by atoms with Crippen molar-refractivity contribution in [2.24, 2.45) is 4.99 Å². The van der Waals surface area contributed by atoms with Crippen molar-refractivity contribution in [1.29, 1.82) is 0 Å². The molecule has 0 bridgehead atoms. The van der Waals surface area contributed by atoms with E-state index in [1.54, 1.807) is 38.3 Å². The Morgan fingerprint density at radius 3 is 2.76 bits per heavy atom. The molecular weight excluding hydrogens is 442 g/mol. The zero-order valence-electron chi connectivity index (χ0n) is 18.9. The van der Waals surface area contributed by atoms with Crippen molar-refractivity contribution in [1.82, 2.24) is 9.80 Å². The number of methoxy groups -OCH3 is 2. The molecule has 3 heterocycles. The molecule has 0 saturated carbocycles. The Labute approximate surface area is 196 Å². The highest BCUT2D eigenvalue weighted by molar-refractivity contribution is 8.16. The van der Waals surface area contributed by atoms with Crippen LogP contribution in [-0.4, -0.2) is 48.1 Å². The van der Waals surface area contributed by atoms with E-state index in [0.717, 1.165) is 11.3 Å². The number of aliphatic imine (C=N–C) groups is 1. The number of ether oxygens (including phenoxy) is 2. The average molecular weight is 468 g/mol. The van der Waals surface area contributed by atoms with Gasteiger partial charge in [0.15, 0.2) is 5.17 Å². The summed E-state index contributed by atoms with van der Waals surface area (Å²) >= 11 is 1.43. The van der Waals surface area contributed by atoms with E-state index in [1.807, 2.05) is 40.6 Å². The first-order valence-electron chi connectivity index (χ1n) is 10.4. The molecule has 4 rings (SSSR count). The molecule has 8 nitrogen and oxygen atoms in total. The minimum Gasteiger partial charge on any atom is -0.497 e. The summed E-state index contributed by atoms with van der Waals surface area (Å²) in [5.41, 5.74) is 2.62. The van der Waals surface area contributed by atoms with Crippen LogP contribution in [0.1, 0.15) is 30.7 Å². The molecule has 1 atom stereocenters. The van der Waals surface area contributed by atoms with Crippen LogP contribution in [0.15, 0.2) is 74.4 Å². The standard InChI is InChI=1S/C24H25N3O5S/c1-15-21(23(29)31-4)22(16-7-5-8-18(11-16)30-3)27-17(14-33-24(27)25-15)12-20(28)26(2)13-19-9-6-10-32-19/h5-11,14,22H,12-13H2,1-4H3. The van der Waals surface area contributed by atoms with Gasteiger partial charge in [0.2, 0.25) is 5.91 Å². The lowest BCUT2D eigenvalue weighted by molar-refractivity contribution is -0.136. The SMILES string of the molecule is COC(=O)C1=C(C)N=C2SC=C(CC(=O)N(C)Cc3ccco3)N2C1c1cccc(OC)c1. The normalized spacial score (nSPS) is 17.3. The fourth-order valence-corrected chi connectivity index (χ4v) is 4.85. The molecule has 2 aliphatic rings. The van der Waals surface area contributed by atoms with Crippen LogP contribution in [0.2, 0.25) is 0 Å². The number of nitrogens with zero attached hydrogens (tertiary/aromatic N) is 3. The number of amides is 1. The minimum absolute atomic E-state index is 0.0743. The van der Waals surface area contributed by atoms with Gasteiger partial charge >= 0.3 is 5.97 Å². The second kappa shape index (κ2) is 9.58. The average Bonchev–Trinajstić information content (AvgIpc) is 3.47. The molecule has 172 valence electrons. The van der Waals surface area contributed by atoms with E-state index in [2.05, 4.69) is 4.99 Å². The van der Waals surface area contributed by atoms with E-state index in [-0.39, 0.29) is 12.3 Å². The van der Waals surface area contributed by atoms with Gasteiger partial charge in [-0.2, -0.15) is 0 Å². The van der Waals surface area contributed by atoms with Crippen LogP contribution in [0.3, 0.4) is 0 Å². The zero-order valence-corrected chi connectivity index (χ0v) is 19.7. The summed E-state index contributed by atoms with van der Waals surface area (Å²) in [7, 11) is 4.69. The summed E-state index contributed by atoms with van der Waals surface area (Å²) in [6, 6.07) is 10.7. The Hall–Kier alpha value is -3.46. The lowest BCUT2D eigenvalue weighted by Crippen LogP contribution is -2.38. The fourth-order valence-electron chi connectivity index (χ4n) is 3.88. The number of allylic oxidation sites excluding steroid dienone is 1. The fraction of sp³-hybridized carbons (Fsp3) is 0.292. The number of amidine groups is 1. The molecule has 0 saturated heterocycles. The summed E-state index contributed by atoms with van der Waals surface area (Å²) in [5.74, 6) is 0.849. The van der Waals surface area contributed by atoms with Gasteiger partial charge in [-0.15, -0.1) is 0 Å². The molecule has 0 N–H and O–H groups in total. The van der Waals surface area contributed by atoms with Gasteiger partial charge in [0, 0.05) is 12.7 Å². The highest BCUT2D eigenvalue weighted by atomic mass is 32.2. The van der Waals surface area contributed by atoms with Crippen molar-refractivity contribution in [3.05, 3.63) is 76.4 Å². The number of fused-ring (bicyclic) bond motifs is 1. The maximum absolute atomic E-state index is 13.0. The molecule has 9 heteroatoms. The van der Waals surface area contributed by atoms with Crippen molar-refractivity contribution in [3.63, 3.8) is 0 Å². The Morgan fingerprint density at radius 2 is 2.06 bits per heavy atom. The van der Waals surface area contributed by atoms with Crippen LogP contribution in [0.4, 0.5) is 0 Å². The Bertz CT molecular complexity index is 1150. The smallest absolute Gasteiger partial charge is 0.338 e. The lowest BCUT2D eigenvalue weighted by atomic mass is 9.93. The predicted molar refractivity (Wildman–Crippen MR) is 125 cm³/mol. The number of hydrogen-bond donors (Lipinski definition) is 0. The quantitative estimate of drug-likeness (QED) is 0.567. The molecule has 1 unspecified atom stereocenters. The van der Waals surface area contributed by atoms with Gasteiger partial charge < -0.3 is 23.7 Å². The van der Waals surface area contributed by atoms with Crippen molar-refractivity contribution >= 4 is 28.8 Å². The maximum Gasteiger partial charge on any atom is 0.338 e. The first-order valence-corrected chi connectivity index (χ1v) is 11.2. The molecule has 2 aliphatic heterocycles. The van der Waals surface area contributed by atoms with E-state index < -0.39 is 12.0 Å². The molecule has 0 spiro atoms. The van der Waals surface area contributed by atoms with Gasteiger partial charge in [-0.1, -0.05) is 23.9 Å². The largest absolute Gasteiger partial charge is 0.497 e. The molecule has 0 fully saturated rings. The number of benzene rings is 1. The molecular formula is C24H25N3O5S. The zero-order chi connectivity index (χ0) is 23.5. The summed E-state index contributed by atoms with van der Waals surface area (Å²) in [6.07, 6.45) is 1.74. The third-order valence-electron chi connectivity index (χ3n) is 5.55. The minimum atomic E-state index is -0.496. The second-order valence-corrected chi connectivity index (χ2v) is 8.50. The first kappa shape index (κ1) is 22.7. The number of rotatable bonds is 7. The molecule has 0 aliphatic carbocycles. The molecule has 1 aromatic carbocycles. The van der Waals surface area contributed by atoms with Crippen LogP contribution in [0.25, 0.3) is 0 Å². The van der Waals surface area contributed by atoms with Gasteiger partial charge in [-0.05, 0) is 42.2 Å². The van der Waals surface area contributed by atoms with E-state index in [4.69, 9.17) is 13.9 Å². The van der Waals surface area contributed by atoms with E-state index >= 15 is 0 Å². The van der Waals surface area contributed by atoms with Gasteiger partial charge in [0.05, 0.1) is 50.8 Å². The van der Waals surface area contributed by atoms with E-state index in [1.165, 1.54) is 18.9 Å². The highest BCUT2D eigenvalue weighted by Gasteiger charge is 2.41. The van der Waals surface area contributed by atoms with Crippen LogP contribution >= 0.6 is 11.8 Å². The third kappa shape index (κ3) is 4.54. The monoisotopic (exact) mass is 467 g/mol. The topological polar surface area (TPSA) is 84.6 Å². The molecule has 1 amide bonds. The number of carbonyl (C=O) groups is 2. The van der Waals surface area contributed by atoms with Crippen LogP contribution < -0.4 is 4.74 Å². The number of carbonyl (C=O) groups excluding carboxylic acids is 2. The van der Waals surface area contributed by atoms with Crippen molar-refractivity contribution < 1.29 is 23.5 Å². The summed E-state index contributed by atoms with van der Waals surface area (Å²) < 4.78 is 15.9. The second-order valence-electron chi connectivity index (χ2n) is 7.67. The maximum atomic E-state index is 13.0. The lowest BCUT2D eigenvalue weighted by Gasteiger charge is -2.36. The van der Waals surface area contributed by atoms with Gasteiger partial charge in [-0.25, -0.2) is 9.79 Å². The Kier molecular flexibility index (Phi) is 6.60. The van der Waals surface area contributed by atoms with Gasteiger partial charge in [0.25, 0.3) is 0 Å². The van der Waals surface area contributed by atoms with Crippen LogP contribution in [-0.2, 0) is 20.9 Å². The molecule has 33 heavy (non-hydrogen) atoms.